The first kappa shape index (κ1) is 15.2. The molecule has 0 saturated carbocycles. The second kappa shape index (κ2) is 7.03. The number of rotatable bonds is 5. The molecular formula is C18H14ClNO3. The average molecular weight is 328 g/mol. The average Bonchev–Trinajstić information content (AvgIpc) is 3.10. The Morgan fingerprint density at radius 3 is 2.52 bits per heavy atom. The zero-order valence-electron chi connectivity index (χ0n) is 12.2. The largest absolute Gasteiger partial charge is 0.489 e. The zero-order chi connectivity index (χ0) is 16.1. The van der Waals surface area contributed by atoms with Crippen LogP contribution in [-0.2, 0) is 6.61 Å². The number of amides is 1. The van der Waals surface area contributed by atoms with E-state index in [1.807, 2.05) is 24.3 Å². The number of furan rings is 1. The van der Waals surface area contributed by atoms with Crippen molar-refractivity contribution in [2.75, 3.05) is 5.32 Å². The topological polar surface area (TPSA) is 51.5 Å². The molecule has 0 aliphatic carbocycles. The van der Waals surface area contributed by atoms with Crippen LogP contribution in [0.25, 0.3) is 0 Å². The van der Waals surface area contributed by atoms with E-state index in [0.717, 1.165) is 5.56 Å². The maximum absolute atomic E-state index is 11.9. The van der Waals surface area contributed by atoms with Gasteiger partial charge in [-0.3, -0.25) is 4.79 Å². The summed E-state index contributed by atoms with van der Waals surface area (Å²) in [7, 11) is 0. The first-order valence-corrected chi connectivity index (χ1v) is 7.41. The molecule has 23 heavy (non-hydrogen) atoms. The molecule has 2 aromatic carbocycles. The lowest BCUT2D eigenvalue weighted by Crippen LogP contribution is -2.10. The number of ether oxygens (including phenoxy) is 1. The molecule has 1 heterocycles. The maximum Gasteiger partial charge on any atom is 0.291 e. The minimum absolute atomic E-state index is 0.268. The van der Waals surface area contributed by atoms with Crippen LogP contribution in [0.1, 0.15) is 16.1 Å². The van der Waals surface area contributed by atoms with Gasteiger partial charge in [0.1, 0.15) is 12.4 Å². The third-order valence-corrected chi connectivity index (χ3v) is 3.58. The molecule has 0 aliphatic rings. The van der Waals surface area contributed by atoms with Crippen molar-refractivity contribution in [1.29, 1.82) is 0 Å². The first-order valence-electron chi connectivity index (χ1n) is 7.03. The summed E-state index contributed by atoms with van der Waals surface area (Å²) in [4.78, 5) is 11.9. The number of nitrogens with one attached hydrogen (secondary N) is 1. The number of anilines is 1. The molecule has 1 aromatic heterocycles. The Hall–Kier alpha value is -2.72. The van der Waals surface area contributed by atoms with Crippen molar-refractivity contribution < 1.29 is 13.9 Å². The summed E-state index contributed by atoms with van der Waals surface area (Å²) < 4.78 is 10.7. The Labute approximate surface area is 138 Å². The number of hydrogen-bond donors (Lipinski definition) is 1. The van der Waals surface area contributed by atoms with Crippen LogP contribution in [0, 0.1) is 0 Å². The lowest BCUT2D eigenvalue weighted by Gasteiger charge is -2.09. The molecule has 0 aliphatic heterocycles. The van der Waals surface area contributed by atoms with E-state index < -0.39 is 0 Å². The predicted molar refractivity (Wildman–Crippen MR) is 88.9 cm³/mol. The van der Waals surface area contributed by atoms with Crippen LogP contribution in [0.15, 0.2) is 71.3 Å². The quantitative estimate of drug-likeness (QED) is 0.734. The van der Waals surface area contributed by atoms with E-state index in [0.29, 0.717) is 23.1 Å². The summed E-state index contributed by atoms with van der Waals surface area (Å²) in [6, 6.07) is 17.9. The van der Waals surface area contributed by atoms with Crippen molar-refractivity contribution in [2.24, 2.45) is 0 Å². The van der Waals surface area contributed by atoms with E-state index in [-0.39, 0.29) is 11.7 Å². The zero-order valence-corrected chi connectivity index (χ0v) is 12.9. The van der Waals surface area contributed by atoms with Crippen molar-refractivity contribution in [2.45, 2.75) is 6.61 Å². The maximum atomic E-state index is 11.9. The molecule has 116 valence electrons. The van der Waals surface area contributed by atoms with Crippen molar-refractivity contribution in [3.05, 3.63) is 83.3 Å². The third-order valence-electron chi connectivity index (χ3n) is 3.21. The van der Waals surface area contributed by atoms with Crippen LogP contribution >= 0.6 is 11.6 Å². The van der Waals surface area contributed by atoms with E-state index in [1.165, 1.54) is 6.26 Å². The molecular weight excluding hydrogens is 314 g/mol. The number of carbonyl (C=O) groups excluding carboxylic acids is 1. The molecule has 5 heteroatoms. The van der Waals surface area contributed by atoms with Crippen LogP contribution < -0.4 is 10.1 Å². The molecule has 0 spiro atoms. The molecule has 0 radical (unpaired) electrons. The standard InChI is InChI=1S/C18H14ClNO3/c19-16-5-2-1-4-13(16)12-23-15-9-7-14(8-10-15)20-18(21)17-6-3-11-22-17/h1-11H,12H2,(H,20,21). The van der Waals surface area contributed by atoms with Gasteiger partial charge in [0.05, 0.1) is 6.26 Å². The Balaban J connectivity index is 1.59. The second-order valence-corrected chi connectivity index (χ2v) is 5.24. The molecule has 0 saturated heterocycles. The van der Waals surface area contributed by atoms with Gasteiger partial charge in [-0.05, 0) is 42.5 Å². The monoisotopic (exact) mass is 327 g/mol. The highest BCUT2D eigenvalue weighted by Crippen LogP contribution is 2.20. The van der Waals surface area contributed by atoms with Gasteiger partial charge in [-0.15, -0.1) is 0 Å². The number of hydrogen-bond acceptors (Lipinski definition) is 3. The smallest absolute Gasteiger partial charge is 0.291 e. The van der Waals surface area contributed by atoms with Crippen LogP contribution in [0.5, 0.6) is 5.75 Å². The summed E-state index contributed by atoms with van der Waals surface area (Å²) in [5.74, 6) is 0.671. The van der Waals surface area contributed by atoms with Gasteiger partial charge in [-0.1, -0.05) is 29.8 Å². The lowest BCUT2D eigenvalue weighted by molar-refractivity contribution is 0.0996. The SMILES string of the molecule is O=C(Nc1ccc(OCc2ccccc2Cl)cc1)c1ccco1. The summed E-state index contributed by atoms with van der Waals surface area (Å²) in [6.45, 7) is 0.387. The minimum Gasteiger partial charge on any atom is -0.489 e. The highest BCUT2D eigenvalue weighted by atomic mass is 35.5. The molecule has 0 unspecified atom stereocenters. The van der Waals surface area contributed by atoms with Gasteiger partial charge in [0.15, 0.2) is 5.76 Å². The Morgan fingerprint density at radius 1 is 1.04 bits per heavy atom. The van der Waals surface area contributed by atoms with Crippen molar-refractivity contribution >= 4 is 23.2 Å². The normalized spacial score (nSPS) is 10.3. The molecule has 0 atom stereocenters. The molecule has 1 amide bonds. The predicted octanol–water partition coefficient (Wildman–Crippen LogP) is 4.76. The van der Waals surface area contributed by atoms with Crippen LogP contribution in [0.2, 0.25) is 5.02 Å². The highest BCUT2D eigenvalue weighted by Gasteiger charge is 2.08. The molecule has 0 fully saturated rings. The van der Waals surface area contributed by atoms with Crippen LogP contribution in [0.3, 0.4) is 0 Å². The molecule has 3 aromatic rings. The van der Waals surface area contributed by atoms with Crippen molar-refractivity contribution in [3.63, 3.8) is 0 Å². The van der Waals surface area contributed by atoms with E-state index in [9.17, 15) is 4.79 Å². The Morgan fingerprint density at radius 2 is 1.83 bits per heavy atom. The van der Waals surface area contributed by atoms with Crippen molar-refractivity contribution in [1.82, 2.24) is 0 Å². The fourth-order valence-electron chi connectivity index (χ4n) is 2.01. The fraction of sp³-hybridized carbons (Fsp3) is 0.0556. The lowest BCUT2D eigenvalue weighted by atomic mass is 10.2. The summed E-state index contributed by atoms with van der Waals surface area (Å²) in [6.07, 6.45) is 1.46. The van der Waals surface area contributed by atoms with Gasteiger partial charge in [0.25, 0.3) is 5.91 Å². The van der Waals surface area contributed by atoms with E-state index in [2.05, 4.69) is 5.32 Å². The summed E-state index contributed by atoms with van der Waals surface area (Å²) in [5, 5.41) is 3.42. The summed E-state index contributed by atoms with van der Waals surface area (Å²) in [5.41, 5.74) is 1.58. The van der Waals surface area contributed by atoms with Crippen molar-refractivity contribution in [3.8, 4) is 5.75 Å². The fourth-order valence-corrected chi connectivity index (χ4v) is 2.20. The van der Waals surface area contributed by atoms with Gasteiger partial charge >= 0.3 is 0 Å². The van der Waals surface area contributed by atoms with Gasteiger partial charge < -0.3 is 14.5 Å². The van der Waals surface area contributed by atoms with E-state index in [4.69, 9.17) is 20.8 Å². The second-order valence-electron chi connectivity index (χ2n) is 4.84. The van der Waals surface area contributed by atoms with Gasteiger partial charge in [-0.25, -0.2) is 0 Å². The van der Waals surface area contributed by atoms with Crippen LogP contribution in [-0.4, -0.2) is 5.91 Å². The third kappa shape index (κ3) is 3.93. The molecule has 1 N–H and O–H groups in total. The summed E-state index contributed by atoms with van der Waals surface area (Å²) >= 11 is 6.09. The van der Waals surface area contributed by atoms with E-state index >= 15 is 0 Å². The number of carbonyl (C=O) groups is 1. The van der Waals surface area contributed by atoms with E-state index in [1.54, 1.807) is 36.4 Å². The van der Waals surface area contributed by atoms with Gasteiger partial charge in [0.2, 0.25) is 0 Å². The van der Waals surface area contributed by atoms with Gasteiger partial charge in [0, 0.05) is 16.3 Å². The molecule has 0 bridgehead atoms. The Bertz CT molecular complexity index is 782. The highest BCUT2D eigenvalue weighted by molar-refractivity contribution is 6.31. The first-order chi connectivity index (χ1) is 11.2. The number of halogens is 1. The Kier molecular flexibility index (Phi) is 4.64. The van der Waals surface area contributed by atoms with Crippen LogP contribution in [0.4, 0.5) is 5.69 Å². The molecule has 4 nitrogen and oxygen atoms in total. The van der Waals surface area contributed by atoms with Gasteiger partial charge in [-0.2, -0.15) is 0 Å². The number of benzene rings is 2. The minimum atomic E-state index is -0.292. The molecule has 3 rings (SSSR count).